The van der Waals surface area contributed by atoms with Crippen molar-refractivity contribution in [1.82, 2.24) is 0 Å². The van der Waals surface area contributed by atoms with Crippen LogP contribution in [0.1, 0.15) is 18.9 Å². The number of esters is 1. The van der Waals surface area contributed by atoms with E-state index in [0.717, 1.165) is 16.7 Å². The molecular weight excluding hydrogens is 292 g/mol. The fourth-order valence-corrected chi connectivity index (χ4v) is 2.17. The quantitative estimate of drug-likeness (QED) is 0.651. The van der Waals surface area contributed by atoms with Crippen LogP contribution in [0.5, 0.6) is 0 Å². The highest BCUT2D eigenvalue weighted by atomic mass is 16.5. The molecule has 1 N–H and O–H groups in total. The van der Waals surface area contributed by atoms with Crippen LogP contribution < -0.4 is 0 Å². The van der Waals surface area contributed by atoms with Crippen LogP contribution in [0.25, 0.3) is 17.2 Å². The molecule has 0 aliphatic heterocycles. The Hall–Kier alpha value is -2.88. The predicted molar refractivity (Wildman–Crippen MR) is 88.7 cm³/mol. The van der Waals surface area contributed by atoms with Gasteiger partial charge in [-0.2, -0.15) is 0 Å². The zero-order valence-electron chi connectivity index (χ0n) is 12.9. The first-order chi connectivity index (χ1) is 11.1. The van der Waals surface area contributed by atoms with Crippen LogP contribution in [0.2, 0.25) is 0 Å². The van der Waals surface area contributed by atoms with Gasteiger partial charge in [-0.05, 0) is 29.7 Å². The van der Waals surface area contributed by atoms with Crippen LogP contribution in [0.3, 0.4) is 0 Å². The Labute approximate surface area is 135 Å². The average molecular weight is 310 g/mol. The Morgan fingerprint density at radius 2 is 1.61 bits per heavy atom. The van der Waals surface area contributed by atoms with E-state index >= 15 is 0 Å². The molecular formula is C19H18O4. The van der Waals surface area contributed by atoms with Gasteiger partial charge in [0.2, 0.25) is 0 Å². The van der Waals surface area contributed by atoms with Crippen molar-refractivity contribution in [2.75, 3.05) is 6.61 Å². The van der Waals surface area contributed by atoms with E-state index in [9.17, 15) is 9.59 Å². The summed E-state index contributed by atoms with van der Waals surface area (Å²) in [7, 11) is 0. The zero-order valence-corrected chi connectivity index (χ0v) is 12.9. The Bertz CT molecular complexity index is 700. The molecule has 0 heterocycles. The standard InChI is InChI=1S/C19H18O4/c1-2-23-19(22)17(13-18(20)21)12-14-8-10-16(11-9-14)15-6-4-3-5-7-15/h3-12H,2,13H2,1H3,(H,20,21). The van der Waals surface area contributed by atoms with Crippen LogP contribution in [-0.2, 0) is 14.3 Å². The summed E-state index contributed by atoms with van der Waals surface area (Å²) in [6.45, 7) is 1.90. The third kappa shape index (κ3) is 4.81. The minimum absolute atomic E-state index is 0.131. The number of hydrogen-bond donors (Lipinski definition) is 1. The molecule has 23 heavy (non-hydrogen) atoms. The van der Waals surface area contributed by atoms with E-state index in [-0.39, 0.29) is 18.6 Å². The lowest BCUT2D eigenvalue weighted by atomic mass is 10.0. The number of rotatable bonds is 6. The lowest BCUT2D eigenvalue weighted by molar-refractivity contribution is -0.142. The molecule has 2 aromatic carbocycles. The Kier molecular flexibility index (Phi) is 5.69. The molecule has 4 nitrogen and oxygen atoms in total. The van der Waals surface area contributed by atoms with Crippen molar-refractivity contribution in [2.45, 2.75) is 13.3 Å². The number of carbonyl (C=O) groups excluding carboxylic acids is 1. The topological polar surface area (TPSA) is 63.6 Å². The van der Waals surface area contributed by atoms with Crippen molar-refractivity contribution >= 4 is 18.0 Å². The van der Waals surface area contributed by atoms with Crippen molar-refractivity contribution < 1.29 is 19.4 Å². The van der Waals surface area contributed by atoms with E-state index in [1.807, 2.05) is 54.6 Å². The maximum absolute atomic E-state index is 11.8. The van der Waals surface area contributed by atoms with E-state index in [1.54, 1.807) is 13.0 Å². The maximum atomic E-state index is 11.8. The van der Waals surface area contributed by atoms with Gasteiger partial charge in [0.15, 0.2) is 0 Å². The van der Waals surface area contributed by atoms with Crippen molar-refractivity contribution in [1.29, 1.82) is 0 Å². The lowest BCUT2D eigenvalue weighted by Gasteiger charge is -2.06. The largest absolute Gasteiger partial charge is 0.481 e. The van der Waals surface area contributed by atoms with Crippen molar-refractivity contribution in [2.24, 2.45) is 0 Å². The number of carboxylic acid groups (broad SMARTS) is 1. The van der Waals surface area contributed by atoms with Gasteiger partial charge in [-0.1, -0.05) is 54.6 Å². The van der Waals surface area contributed by atoms with Gasteiger partial charge in [-0.15, -0.1) is 0 Å². The van der Waals surface area contributed by atoms with Gasteiger partial charge < -0.3 is 9.84 Å². The summed E-state index contributed by atoms with van der Waals surface area (Å²) in [6, 6.07) is 17.5. The van der Waals surface area contributed by atoms with E-state index in [2.05, 4.69) is 0 Å². The molecule has 0 bridgehead atoms. The van der Waals surface area contributed by atoms with Crippen molar-refractivity contribution in [3.63, 3.8) is 0 Å². The molecule has 2 aromatic rings. The first-order valence-electron chi connectivity index (χ1n) is 7.35. The van der Waals surface area contributed by atoms with Crippen LogP contribution in [0.4, 0.5) is 0 Å². The first kappa shape index (κ1) is 16.5. The van der Waals surface area contributed by atoms with E-state index in [4.69, 9.17) is 9.84 Å². The number of benzene rings is 2. The zero-order chi connectivity index (χ0) is 16.7. The fourth-order valence-electron chi connectivity index (χ4n) is 2.17. The highest BCUT2D eigenvalue weighted by Crippen LogP contribution is 2.20. The molecule has 0 unspecified atom stereocenters. The Morgan fingerprint density at radius 3 is 2.17 bits per heavy atom. The molecule has 0 aliphatic carbocycles. The molecule has 0 spiro atoms. The molecule has 0 radical (unpaired) electrons. The third-order valence-corrected chi connectivity index (χ3v) is 3.24. The number of hydrogen-bond acceptors (Lipinski definition) is 3. The number of carbonyl (C=O) groups is 2. The summed E-state index contributed by atoms with van der Waals surface area (Å²) in [5.74, 6) is -1.66. The van der Waals surface area contributed by atoms with Gasteiger partial charge in [0.05, 0.1) is 13.0 Å². The van der Waals surface area contributed by atoms with E-state index in [1.165, 1.54) is 0 Å². The minimum atomic E-state index is -1.06. The molecule has 2 rings (SSSR count). The second-order valence-corrected chi connectivity index (χ2v) is 4.95. The second-order valence-electron chi connectivity index (χ2n) is 4.95. The Morgan fingerprint density at radius 1 is 1.00 bits per heavy atom. The number of aliphatic carboxylic acids is 1. The van der Waals surface area contributed by atoms with Gasteiger partial charge in [-0.3, -0.25) is 4.79 Å². The van der Waals surface area contributed by atoms with Crippen LogP contribution in [0.15, 0.2) is 60.2 Å². The third-order valence-electron chi connectivity index (χ3n) is 3.24. The smallest absolute Gasteiger partial charge is 0.334 e. The minimum Gasteiger partial charge on any atom is -0.481 e. The molecule has 0 fully saturated rings. The molecule has 0 saturated heterocycles. The summed E-state index contributed by atoms with van der Waals surface area (Å²) in [6.07, 6.45) is 1.19. The monoisotopic (exact) mass is 310 g/mol. The van der Waals surface area contributed by atoms with Crippen LogP contribution >= 0.6 is 0 Å². The summed E-state index contributed by atoms with van der Waals surface area (Å²) in [4.78, 5) is 22.7. The van der Waals surface area contributed by atoms with Gasteiger partial charge >= 0.3 is 11.9 Å². The predicted octanol–water partition coefficient (Wildman–Crippen LogP) is 3.77. The summed E-state index contributed by atoms with van der Waals surface area (Å²) >= 11 is 0. The van der Waals surface area contributed by atoms with E-state index < -0.39 is 11.9 Å². The first-order valence-corrected chi connectivity index (χ1v) is 7.35. The molecule has 4 heteroatoms. The molecule has 0 amide bonds. The number of ether oxygens (including phenoxy) is 1. The van der Waals surface area contributed by atoms with E-state index in [0.29, 0.717) is 0 Å². The van der Waals surface area contributed by atoms with Crippen molar-refractivity contribution in [3.05, 3.63) is 65.7 Å². The van der Waals surface area contributed by atoms with Gasteiger partial charge in [-0.25, -0.2) is 4.79 Å². The SMILES string of the molecule is CCOC(=O)C(=Cc1ccc(-c2ccccc2)cc1)CC(=O)O. The molecule has 0 atom stereocenters. The maximum Gasteiger partial charge on any atom is 0.334 e. The molecule has 0 saturated carbocycles. The van der Waals surface area contributed by atoms with Crippen LogP contribution in [0, 0.1) is 0 Å². The van der Waals surface area contributed by atoms with Gasteiger partial charge in [0.1, 0.15) is 0 Å². The number of carboxylic acids is 1. The summed E-state index contributed by atoms with van der Waals surface area (Å²) in [5, 5.41) is 8.92. The van der Waals surface area contributed by atoms with Crippen LogP contribution in [-0.4, -0.2) is 23.7 Å². The molecule has 118 valence electrons. The lowest BCUT2D eigenvalue weighted by Crippen LogP contribution is -2.11. The van der Waals surface area contributed by atoms with Crippen molar-refractivity contribution in [3.8, 4) is 11.1 Å². The highest BCUT2D eigenvalue weighted by molar-refractivity contribution is 5.98. The summed E-state index contributed by atoms with van der Waals surface area (Å²) < 4.78 is 4.90. The Balaban J connectivity index is 2.25. The fraction of sp³-hybridized carbons (Fsp3) is 0.158. The van der Waals surface area contributed by atoms with Gasteiger partial charge in [0.25, 0.3) is 0 Å². The molecule has 0 aromatic heterocycles. The summed E-state index contributed by atoms with van der Waals surface area (Å²) in [5.41, 5.74) is 3.04. The van der Waals surface area contributed by atoms with Gasteiger partial charge in [0, 0.05) is 5.57 Å². The highest BCUT2D eigenvalue weighted by Gasteiger charge is 2.14. The molecule has 0 aliphatic rings. The normalized spacial score (nSPS) is 11.1. The average Bonchev–Trinajstić information content (AvgIpc) is 2.55. The second kappa shape index (κ2) is 7.94.